The van der Waals surface area contributed by atoms with Crippen molar-refractivity contribution in [2.24, 2.45) is 0 Å². The summed E-state index contributed by atoms with van der Waals surface area (Å²) in [6, 6.07) is 31.3. The lowest BCUT2D eigenvalue weighted by Gasteiger charge is -2.11. The zero-order chi connectivity index (χ0) is 21.2. The lowest BCUT2D eigenvalue weighted by molar-refractivity contribution is 0.376. The molecule has 4 aromatic carbocycles. The maximum atomic E-state index is 9.58. The van der Waals surface area contributed by atoms with Gasteiger partial charge in [0.1, 0.15) is 17.2 Å². The largest absolute Gasteiger partial charge is 0.460 e. The molecule has 3 N–H and O–H groups in total. The number of rotatable bonds is 6. The van der Waals surface area contributed by atoms with Crippen molar-refractivity contribution in [2.45, 2.75) is 0 Å². The van der Waals surface area contributed by atoms with Crippen molar-refractivity contribution < 1.29 is 28.3 Å². The van der Waals surface area contributed by atoms with Gasteiger partial charge in [-0.05, 0) is 35.7 Å². The number of benzene rings is 4. The predicted octanol–water partition coefficient (Wildman–Crippen LogP) is 5.79. The molecule has 0 saturated heterocycles. The van der Waals surface area contributed by atoms with E-state index in [0.717, 1.165) is 10.8 Å². The monoisotopic (exact) mass is 442 g/mol. The zero-order valence-corrected chi connectivity index (χ0v) is 17.6. The highest BCUT2D eigenvalue weighted by Gasteiger charge is 2.10. The Labute approximate surface area is 176 Å². The Kier molecular flexibility index (Phi) is 8.40. The van der Waals surface area contributed by atoms with Crippen LogP contribution in [0.3, 0.4) is 0 Å². The molecular weight excluding hydrogens is 422 g/mol. The van der Waals surface area contributed by atoms with Gasteiger partial charge in [-0.1, -0.05) is 72.8 Å². The average molecular weight is 442 g/mol. The van der Waals surface area contributed by atoms with Gasteiger partial charge in [-0.15, -0.1) is 0 Å². The summed E-state index contributed by atoms with van der Waals surface area (Å²) in [5.74, 6) is 1.68. The SMILES string of the molecule is OP(O)Oc1cccc2ccccc12.OP(Oc1ccccc1)Oc1ccccc1. The van der Waals surface area contributed by atoms with Crippen LogP contribution < -0.4 is 13.6 Å². The molecule has 0 heterocycles. The molecule has 4 rings (SSSR count). The smallest absolute Gasteiger partial charge is 0.426 e. The molecule has 0 aliphatic carbocycles. The Morgan fingerprint density at radius 2 is 1.00 bits per heavy atom. The van der Waals surface area contributed by atoms with Crippen LogP contribution in [0.5, 0.6) is 17.2 Å². The molecule has 0 aliphatic heterocycles. The maximum absolute atomic E-state index is 9.58. The van der Waals surface area contributed by atoms with E-state index in [1.807, 2.05) is 72.8 Å². The highest BCUT2D eigenvalue weighted by molar-refractivity contribution is 7.41. The van der Waals surface area contributed by atoms with Crippen LogP contribution in [0.15, 0.2) is 103 Å². The van der Waals surface area contributed by atoms with Crippen molar-refractivity contribution in [1.29, 1.82) is 0 Å². The van der Waals surface area contributed by atoms with E-state index in [1.165, 1.54) is 0 Å². The number of fused-ring (bicyclic) bond motifs is 1. The molecular formula is C22H20O6P2. The van der Waals surface area contributed by atoms with Crippen LogP contribution in [0.1, 0.15) is 0 Å². The van der Waals surface area contributed by atoms with Crippen molar-refractivity contribution in [1.82, 2.24) is 0 Å². The molecule has 0 atom stereocenters. The molecule has 0 spiro atoms. The molecule has 6 nitrogen and oxygen atoms in total. The second-order valence-electron chi connectivity index (χ2n) is 5.87. The first-order valence-electron chi connectivity index (χ1n) is 8.90. The molecule has 0 unspecified atom stereocenters. The second-order valence-corrected chi connectivity index (χ2v) is 7.40. The highest BCUT2D eigenvalue weighted by Crippen LogP contribution is 2.36. The van der Waals surface area contributed by atoms with Crippen molar-refractivity contribution in [3.63, 3.8) is 0 Å². The number of hydrogen-bond donors (Lipinski definition) is 3. The Morgan fingerprint density at radius 3 is 1.57 bits per heavy atom. The van der Waals surface area contributed by atoms with Crippen LogP contribution in [-0.2, 0) is 0 Å². The maximum Gasteiger partial charge on any atom is 0.460 e. The summed E-state index contributed by atoms with van der Waals surface area (Å²) in [5, 5.41) is 1.90. The van der Waals surface area contributed by atoms with Crippen molar-refractivity contribution >= 4 is 28.0 Å². The minimum Gasteiger partial charge on any atom is -0.426 e. The molecule has 0 radical (unpaired) electrons. The third kappa shape index (κ3) is 6.96. The first-order chi connectivity index (χ1) is 14.6. The number of para-hydroxylation sites is 2. The van der Waals surface area contributed by atoms with E-state index in [4.69, 9.17) is 23.4 Å². The fraction of sp³-hybridized carbons (Fsp3) is 0. The van der Waals surface area contributed by atoms with Crippen molar-refractivity contribution in [3.8, 4) is 17.2 Å². The quantitative estimate of drug-likeness (QED) is 0.328. The molecule has 30 heavy (non-hydrogen) atoms. The summed E-state index contributed by atoms with van der Waals surface area (Å²) >= 11 is 0. The average Bonchev–Trinajstić information content (AvgIpc) is 2.75. The fourth-order valence-corrected chi connectivity index (χ4v) is 3.50. The Balaban J connectivity index is 0.000000172. The molecule has 0 saturated carbocycles. The molecule has 0 amide bonds. The van der Waals surface area contributed by atoms with E-state index in [-0.39, 0.29) is 0 Å². The molecule has 0 aromatic heterocycles. The Morgan fingerprint density at radius 1 is 0.500 bits per heavy atom. The molecule has 154 valence electrons. The number of hydrogen-bond acceptors (Lipinski definition) is 6. The molecule has 4 aromatic rings. The Bertz CT molecular complexity index is 984. The molecule has 0 fully saturated rings. The van der Waals surface area contributed by atoms with E-state index in [9.17, 15) is 4.89 Å². The van der Waals surface area contributed by atoms with E-state index < -0.39 is 17.2 Å². The lowest BCUT2D eigenvalue weighted by atomic mass is 10.1. The van der Waals surface area contributed by atoms with Gasteiger partial charge >= 0.3 is 17.2 Å². The molecule has 8 heteroatoms. The highest BCUT2D eigenvalue weighted by atomic mass is 31.2. The Hall–Kier alpha value is -2.72. The van der Waals surface area contributed by atoms with Gasteiger partial charge in [0.25, 0.3) is 0 Å². The summed E-state index contributed by atoms with van der Waals surface area (Å²) in [5.41, 5.74) is 0. The van der Waals surface area contributed by atoms with Gasteiger partial charge in [0.2, 0.25) is 0 Å². The first-order valence-corrected chi connectivity index (χ1v) is 11.2. The van der Waals surface area contributed by atoms with Crippen LogP contribution in [0.25, 0.3) is 10.8 Å². The van der Waals surface area contributed by atoms with Gasteiger partial charge in [0.05, 0.1) is 0 Å². The van der Waals surface area contributed by atoms with E-state index in [1.54, 1.807) is 30.3 Å². The van der Waals surface area contributed by atoms with Gasteiger partial charge in [-0.25, -0.2) is 0 Å². The van der Waals surface area contributed by atoms with Crippen molar-refractivity contribution in [3.05, 3.63) is 103 Å². The topological polar surface area (TPSA) is 88.4 Å². The van der Waals surface area contributed by atoms with Gasteiger partial charge < -0.3 is 28.3 Å². The third-order valence-electron chi connectivity index (χ3n) is 3.78. The van der Waals surface area contributed by atoms with Crippen molar-refractivity contribution in [2.75, 3.05) is 0 Å². The van der Waals surface area contributed by atoms with E-state index in [0.29, 0.717) is 17.2 Å². The van der Waals surface area contributed by atoms with Gasteiger partial charge in [-0.3, -0.25) is 0 Å². The lowest BCUT2D eigenvalue weighted by Crippen LogP contribution is -1.93. The van der Waals surface area contributed by atoms with Crippen LogP contribution >= 0.6 is 17.2 Å². The molecule has 0 bridgehead atoms. The van der Waals surface area contributed by atoms with Crippen LogP contribution in [0, 0.1) is 0 Å². The standard InChI is InChI=1S/C12H11O3P.C10H9O3P/c13-16(14-11-7-3-1-4-8-11)15-12-9-5-2-6-10-12;11-14(12)13-10-7-3-5-8-4-1-2-6-9(8)10/h1-10,13H;1-7,11-12H. The van der Waals surface area contributed by atoms with Gasteiger partial charge in [0, 0.05) is 5.39 Å². The predicted molar refractivity (Wildman–Crippen MR) is 119 cm³/mol. The summed E-state index contributed by atoms with van der Waals surface area (Å²) < 4.78 is 15.3. The van der Waals surface area contributed by atoms with E-state index in [2.05, 4.69) is 0 Å². The third-order valence-corrected chi connectivity index (χ3v) is 4.88. The second kappa shape index (κ2) is 11.5. The van der Waals surface area contributed by atoms with Crippen LogP contribution in [0.4, 0.5) is 0 Å². The van der Waals surface area contributed by atoms with Crippen LogP contribution in [0.2, 0.25) is 0 Å². The minimum absolute atomic E-state index is 0.499. The van der Waals surface area contributed by atoms with Gasteiger partial charge in [-0.2, -0.15) is 0 Å². The summed E-state index contributed by atoms with van der Waals surface area (Å²) in [6.07, 6.45) is 0. The summed E-state index contributed by atoms with van der Waals surface area (Å²) in [6.45, 7) is 0. The minimum atomic E-state index is -2.35. The summed E-state index contributed by atoms with van der Waals surface area (Å²) in [4.78, 5) is 27.1. The normalized spacial score (nSPS) is 10.4. The van der Waals surface area contributed by atoms with E-state index >= 15 is 0 Å². The first kappa shape index (κ1) is 22.0. The zero-order valence-electron chi connectivity index (χ0n) is 15.8. The molecule has 0 aliphatic rings. The van der Waals surface area contributed by atoms with Gasteiger partial charge in [0.15, 0.2) is 0 Å². The summed E-state index contributed by atoms with van der Waals surface area (Å²) in [7, 11) is -4.28. The van der Waals surface area contributed by atoms with Crippen LogP contribution in [-0.4, -0.2) is 14.7 Å². The fourth-order valence-electron chi connectivity index (χ4n) is 2.52.